The van der Waals surface area contributed by atoms with Gasteiger partial charge >= 0.3 is 0 Å². The highest BCUT2D eigenvalue weighted by molar-refractivity contribution is 5.74. The molecule has 0 radical (unpaired) electrons. The number of halogens is 2. The van der Waals surface area contributed by atoms with Gasteiger partial charge in [0, 0.05) is 12.5 Å². The molecule has 1 heterocycles. The van der Waals surface area contributed by atoms with E-state index in [2.05, 4.69) is 5.32 Å². The zero-order valence-corrected chi connectivity index (χ0v) is 9.17. The van der Waals surface area contributed by atoms with E-state index < -0.39 is 6.43 Å². The van der Waals surface area contributed by atoms with Crippen LogP contribution < -0.4 is 5.32 Å². The highest BCUT2D eigenvalue weighted by Crippen LogP contribution is 2.30. The van der Waals surface area contributed by atoms with Gasteiger partial charge in [0.15, 0.2) is 5.88 Å². The van der Waals surface area contributed by atoms with E-state index in [-0.39, 0.29) is 17.4 Å². The third kappa shape index (κ3) is 2.61. The monoisotopic (exact) mass is 239 g/mol. The molecule has 0 aromatic rings. The summed E-state index contributed by atoms with van der Waals surface area (Å²) >= 11 is 0. The predicted octanol–water partition coefficient (Wildman–Crippen LogP) is 2.40. The largest absolute Gasteiger partial charge is 0.441 e. The van der Waals surface area contributed by atoms with E-state index in [0.29, 0.717) is 12.2 Å². The molecule has 0 saturated heterocycles. The molecule has 3 nitrogen and oxygen atoms in total. The summed E-state index contributed by atoms with van der Waals surface area (Å²) in [6, 6.07) is 0. The summed E-state index contributed by atoms with van der Waals surface area (Å²) in [4.78, 5) is 10.8. The van der Waals surface area contributed by atoms with Crippen LogP contribution >= 0.6 is 0 Å². The van der Waals surface area contributed by atoms with Gasteiger partial charge in [-0.2, -0.15) is 0 Å². The summed E-state index contributed by atoms with van der Waals surface area (Å²) in [6.07, 6.45) is 4.03. The number of carbonyl (C=O) groups excluding carboxylic acids is 1. The van der Waals surface area contributed by atoms with Gasteiger partial charge in [-0.05, 0) is 30.2 Å². The molecule has 2 aliphatic rings. The Morgan fingerprint density at radius 1 is 1.47 bits per heavy atom. The molecule has 0 atom stereocenters. The molecule has 0 bridgehead atoms. The van der Waals surface area contributed by atoms with Crippen LogP contribution in [-0.2, 0) is 9.53 Å². The molecule has 0 spiro atoms. The number of carbonyl (C=O) groups is 1. The van der Waals surface area contributed by atoms with Crippen molar-refractivity contribution in [1.29, 1.82) is 0 Å². The number of amides is 1. The molecule has 0 fully saturated rings. The molecule has 0 unspecified atom stereocenters. The van der Waals surface area contributed by atoms with E-state index in [1.165, 1.54) is 19.1 Å². The molecule has 1 aliphatic heterocycles. The minimum Gasteiger partial charge on any atom is -0.441 e. The second-order valence-corrected chi connectivity index (χ2v) is 3.72. The quantitative estimate of drug-likeness (QED) is 0.803. The molecule has 90 valence electrons. The van der Waals surface area contributed by atoms with Gasteiger partial charge < -0.3 is 4.74 Å². The molecular weight excluding hydrogens is 228 g/mol. The van der Waals surface area contributed by atoms with Crippen LogP contribution in [0.2, 0.25) is 0 Å². The average Bonchev–Trinajstić information content (AvgIpc) is 2.27. The summed E-state index contributed by atoms with van der Waals surface area (Å²) in [5.41, 5.74) is 0.768. The number of ether oxygens (including phenoxy) is 1. The van der Waals surface area contributed by atoms with Crippen molar-refractivity contribution in [3.8, 4) is 0 Å². The number of nitrogens with one attached hydrogen (secondary N) is 1. The second-order valence-electron chi connectivity index (χ2n) is 3.72. The third-order valence-electron chi connectivity index (χ3n) is 2.38. The molecule has 2 rings (SSSR count). The number of hydrogen-bond acceptors (Lipinski definition) is 2. The minimum atomic E-state index is -2.51. The molecule has 0 saturated carbocycles. The zero-order valence-electron chi connectivity index (χ0n) is 9.17. The van der Waals surface area contributed by atoms with Crippen LogP contribution in [-0.4, -0.2) is 12.3 Å². The first kappa shape index (κ1) is 11.6. The lowest BCUT2D eigenvalue weighted by atomic mass is 9.99. The van der Waals surface area contributed by atoms with E-state index >= 15 is 0 Å². The Bertz CT molecular complexity index is 473. The van der Waals surface area contributed by atoms with Crippen LogP contribution in [0.5, 0.6) is 0 Å². The Labute approximate surface area is 97.1 Å². The van der Waals surface area contributed by atoms with Crippen LogP contribution in [0.15, 0.2) is 47.1 Å². The number of allylic oxidation sites excluding steroid dienone is 6. The average molecular weight is 239 g/mol. The van der Waals surface area contributed by atoms with Crippen molar-refractivity contribution in [1.82, 2.24) is 5.32 Å². The van der Waals surface area contributed by atoms with Crippen LogP contribution in [0.1, 0.15) is 13.3 Å². The highest BCUT2D eigenvalue weighted by atomic mass is 19.3. The molecule has 1 amide bonds. The van der Waals surface area contributed by atoms with E-state index in [4.69, 9.17) is 4.74 Å². The molecule has 17 heavy (non-hydrogen) atoms. The third-order valence-corrected chi connectivity index (χ3v) is 2.38. The van der Waals surface area contributed by atoms with Crippen molar-refractivity contribution < 1.29 is 18.3 Å². The molecular formula is C12H11F2NO2. The fourth-order valence-corrected chi connectivity index (χ4v) is 1.60. The van der Waals surface area contributed by atoms with Gasteiger partial charge in [0.25, 0.3) is 6.43 Å². The van der Waals surface area contributed by atoms with Crippen LogP contribution in [0.3, 0.4) is 0 Å². The molecule has 5 heteroatoms. The summed E-state index contributed by atoms with van der Waals surface area (Å²) in [6.45, 7) is 1.35. The van der Waals surface area contributed by atoms with E-state index in [1.807, 2.05) is 0 Å². The summed E-state index contributed by atoms with van der Waals surface area (Å²) in [5, 5.41) is 2.47. The SMILES string of the molecule is CC(=O)NC1=CC=C2CC=C(C(F)F)C=C2O1. The van der Waals surface area contributed by atoms with Crippen molar-refractivity contribution in [2.24, 2.45) is 0 Å². The van der Waals surface area contributed by atoms with Crippen molar-refractivity contribution >= 4 is 5.91 Å². The number of alkyl halides is 2. The van der Waals surface area contributed by atoms with Crippen molar-refractivity contribution in [2.75, 3.05) is 0 Å². The van der Waals surface area contributed by atoms with Gasteiger partial charge in [0.2, 0.25) is 5.91 Å². The summed E-state index contributed by atoms with van der Waals surface area (Å²) < 4.78 is 30.4. The lowest BCUT2D eigenvalue weighted by molar-refractivity contribution is -0.119. The fourth-order valence-electron chi connectivity index (χ4n) is 1.60. The van der Waals surface area contributed by atoms with Crippen LogP contribution in [0.25, 0.3) is 0 Å². The smallest absolute Gasteiger partial charge is 0.263 e. The second kappa shape index (κ2) is 4.53. The Hall–Kier alpha value is -1.91. The number of rotatable bonds is 2. The first-order chi connectivity index (χ1) is 8.06. The zero-order chi connectivity index (χ0) is 12.4. The van der Waals surface area contributed by atoms with Gasteiger partial charge in [0.1, 0.15) is 5.76 Å². The Morgan fingerprint density at radius 2 is 2.24 bits per heavy atom. The first-order valence-electron chi connectivity index (χ1n) is 5.13. The predicted molar refractivity (Wildman–Crippen MR) is 57.9 cm³/mol. The van der Waals surface area contributed by atoms with Gasteiger partial charge in [-0.3, -0.25) is 10.1 Å². The van der Waals surface area contributed by atoms with Gasteiger partial charge in [-0.25, -0.2) is 8.78 Å². The maximum absolute atomic E-state index is 12.5. The van der Waals surface area contributed by atoms with Crippen LogP contribution in [0.4, 0.5) is 8.78 Å². The van der Waals surface area contributed by atoms with E-state index in [0.717, 1.165) is 5.57 Å². The summed E-state index contributed by atoms with van der Waals surface area (Å²) in [5.74, 6) is 0.353. The first-order valence-corrected chi connectivity index (χ1v) is 5.13. The number of fused-ring (bicyclic) bond motifs is 1. The van der Waals surface area contributed by atoms with Crippen LogP contribution in [0, 0.1) is 0 Å². The molecule has 1 N–H and O–H groups in total. The molecule has 0 aromatic carbocycles. The Kier molecular flexibility index (Phi) is 3.08. The topological polar surface area (TPSA) is 38.3 Å². The minimum absolute atomic E-state index is 0.0544. The fraction of sp³-hybridized carbons (Fsp3) is 0.250. The van der Waals surface area contributed by atoms with Crippen molar-refractivity contribution in [3.05, 3.63) is 47.1 Å². The number of hydrogen-bond donors (Lipinski definition) is 1. The summed E-state index contributed by atoms with van der Waals surface area (Å²) in [7, 11) is 0. The maximum Gasteiger partial charge on any atom is 0.263 e. The van der Waals surface area contributed by atoms with E-state index in [9.17, 15) is 13.6 Å². The van der Waals surface area contributed by atoms with Gasteiger partial charge in [-0.1, -0.05) is 6.08 Å². The lowest BCUT2D eigenvalue weighted by Crippen LogP contribution is -2.23. The lowest BCUT2D eigenvalue weighted by Gasteiger charge is -2.22. The van der Waals surface area contributed by atoms with Crippen molar-refractivity contribution in [2.45, 2.75) is 19.8 Å². The van der Waals surface area contributed by atoms with Gasteiger partial charge in [-0.15, -0.1) is 0 Å². The van der Waals surface area contributed by atoms with E-state index in [1.54, 1.807) is 12.2 Å². The Morgan fingerprint density at radius 3 is 2.88 bits per heavy atom. The highest BCUT2D eigenvalue weighted by Gasteiger charge is 2.21. The normalized spacial score (nSPS) is 18.4. The standard InChI is InChI=1S/C12H11F2NO2/c1-7(16)15-11-5-4-8-2-3-9(12(13)14)6-10(8)17-11/h3-6,12H,2H2,1H3,(H,15,16). The molecule has 0 aromatic heterocycles. The Balaban J connectivity index is 2.18. The maximum atomic E-state index is 12.5. The molecule has 1 aliphatic carbocycles. The van der Waals surface area contributed by atoms with Gasteiger partial charge in [0.05, 0.1) is 0 Å². The van der Waals surface area contributed by atoms with Crippen molar-refractivity contribution in [3.63, 3.8) is 0 Å².